The van der Waals surface area contributed by atoms with Gasteiger partial charge in [0.25, 0.3) is 11.8 Å². The van der Waals surface area contributed by atoms with E-state index in [4.69, 9.17) is 9.72 Å². The van der Waals surface area contributed by atoms with Crippen LogP contribution in [-0.4, -0.2) is 46.4 Å². The van der Waals surface area contributed by atoms with Crippen LogP contribution in [0.15, 0.2) is 66.5 Å². The zero-order valence-corrected chi connectivity index (χ0v) is 19.7. The first-order valence-corrected chi connectivity index (χ1v) is 11.9. The third-order valence-electron chi connectivity index (χ3n) is 6.56. The summed E-state index contributed by atoms with van der Waals surface area (Å²) in [4.78, 5) is 36.9. The summed E-state index contributed by atoms with van der Waals surface area (Å²) in [6.45, 7) is 3.88. The van der Waals surface area contributed by atoms with Crippen LogP contribution >= 0.6 is 0 Å². The van der Waals surface area contributed by atoms with Gasteiger partial charge in [-0.1, -0.05) is 24.3 Å². The summed E-state index contributed by atoms with van der Waals surface area (Å²) >= 11 is 0. The van der Waals surface area contributed by atoms with Gasteiger partial charge in [0, 0.05) is 49.2 Å². The van der Waals surface area contributed by atoms with Gasteiger partial charge in [0.05, 0.1) is 16.8 Å². The van der Waals surface area contributed by atoms with Gasteiger partial charge in [0.2, 0.25) is 0 Å². The van der Waals surface area contributed by atoms with E-state index in [2.05, 4.69) is 10.3 Å². The highest BCUT2D eigenvalue weighted by molar-refractivity contribution is 5.99. The van der Waals surface area contributed by atoms with Crippen molar-refractivity contribution in [1.82, 2.24) is 20.2 Å². The normalized spacial score (nSPS) is 15.6. The minimum atomic E-state index is -0.141. The van der Waals surface area contributed by atoms with Crippen molar-refractivity contribution in [3.8, 4) is 5.75 Å². The molecule has 178 valence electrons. The minimum Gasteiger partial charge on any atom is -0.488 e. The lowest BCUT2D eigenvalue weighted by atomic mass is 9.89. The molecule has 0 aliphatic carbocycles. The molecule has 2 aliphatic rings. The molecule has 0 bridgehead atoms. The largest absolute Gasteiger partial charge is 0.488 e. The second-order valence-electron chi connectivity index (χ2n) is 8.99. The third kappa shape index (κ3) is 5.09. The Bertz CT molecular complexity index is 1260. The number of piperidine rings is 1. The van der Waals surface area contributed by atoms with Crippen LogP contribution in [-0.2, 0) is 11.3 Å². The number of nitrogens with one attached hydrogen (secondary N) is 1. The number of benzene rings is 1. The molecular weight excluding hydrogens is 440 g/mol. The van der Waals surface area contributed by atoms with E-state index in [-0.39, 0.29) is 24.3 Å². The highest BCUT2D eigenvalue weighted by atomic mass is 16.5. The molecule has 0 radical (unpaired) electrons. The van der Waals surface area contributed by atoms with E-state index in [1.54, 1.807) is 12.4 Å². The number of rotatable bonds is 5. The first kappa shape index (κ1) is 22.8. The number of hydrogen-bond donors (Lipinski definition) is 1. The van der Waals surface area contributed by atoms with Gasteiger partial charge in [-0.05, 0) is 55.7 Å². The predicted octanol–water partition coefficient (Wildman–Crippen LogP) is 3.90. The molecule has 35 heavy (non-hydrogen) atoms. The maximum atomic E-state index is 13.1. The van der Waals surface area contributed by atoms with E-state index in [1.807, 2.05) is 66.4 Å². The van der Waals surface area contributed by atoms with Crippen LogP contribution in [0, 0.1) is 6.92 Å². The predicted molar refractivity (Wildman–Crippen MR) is 133 cm³/mol. The molecule has 2 aliphatic heterocycles. The SMILES string of the molecule is Cc1ccc(C(=O)NCc2cccnc2)c(C2CCN(C(=O)C3=Cc4ccccc4OC3)CC2)n1. The number of aromatic nitrogens is 2. The van der Waals surface area contributed by atoms with Crippen molar-refractivity contribution < 1.29 is 14.3 Å². The molecule has 0 unspecified atom stereocenters. The molecule has 2 amide bonds. The van der Waals surface area contributed by atoms with Crippen LogP contribution in [0.2, 0.25) is 0 Å². The number of hydrogen-bond acceptors (Lipinski definition) is 5. The second-order valence-corrected chi connectivity index (χ2v) is 8.99. The molecular formula is C28H28N4O3. The number of aryl methyl sites for hydroxylation is 1. The van der Waals surface area contributed by atoms with E-state index in [1.165, 1.54) is 0 Å². The van der Waals surface area contributed by atoms with Crippen LogP contribution in [0.3, 0.4) is 0 Å². The number of nitrogens with zero attached hydrogens (tertiary/aromatic N) is 3. The number of para-hydroxylation sites is 1. The van der Waals surface area contributed by atoms with Crippen LogP contribution in [0.5, 0.6) is 5.75 Å². The quantitative estimate of drug-likeness (QED) is 0.614. The van der Waals surface area contributed by atoms with Crippen LogP contribution in [0.4, 0.5) is 0 Å². The Labute approximate surface area is 204 Å². The monoisotopic (exact) mass is 468 g/mol. The minimum absolute atomic E-state index is 0.0181. The van der Waals surface area contributed by atoms with Gasteiger partial charge in [-0.2, -0.15) is 0 Å². The van der Waals surface area contributed by atoms with Crippen molar-refractivity contribution in [2.45, 2.75) is 32.2 Å². The maximum Gasteiger partial charge on any atom is 0.253 e. The average molecular weight is 469 g/mol. The molecule has 5 rings (SSSR count). The van der Waals surface area contributed by atoms with Crippen molar-refractivity contribution in [3.63, 3.8) is 0 Å². The smallest absolute Gasteiger partial charge is 0.253 e. The Balaban J connectivity index is 1.25. The molecule has 1 aromatic carbocycles. The number of likely N-dealkylation sites (tertiary alicyclic amines) is 1. The fraction of sp³-hybridized carbons (Fsp3) is 0.286. The Morgan fingerprint density at radius 1 is 1.09 bits per heavy atom. The summed E-state index contributed by atoms with van der Waals surface area (Å²) in [5.41, 5.74) is 4.84. The van der Waals surface area contributed by atoms with Crippen LogP contribution in [0.1, 0.15) is 51.6 Å². The summed E-state index contributed by atoms with van der Waals surface area (Å²) < 4.78 is 5.77. The second kappa shape index (κ2) is 10.1. The van der Waals surface area contributed by atoms with Gasteiger partial charge >= 0.3 is 0 Å². The number of ether oxygens (including phenoxy) is 1. The van der Waals surface area contributed by atoms with Crippen LogP contribution < -0.4 is 10.1 Å². The summed E-state index contributed by atoms with van der Waals surface area (Å²) in [6.07, 6.45) is 6.90. The zero-order chi connectivity index (χ0) is 24.2. The first-order chi connectivity index (χ1) is 17.1. The molecule has 1 saturated heterocycles. The van der Waals surface area contributed by atoms with Gasteiger partial charge < -0.3 is 15.0 Å². The highest BCUT2D eigenvalue weighted by Crippen LogP contribution is 2.31. The molecule has 2 aromatic heterocycles. The summed E-state index contributed by atoms with van der Waals surface area (Å²) in [7, 11) is 0. The van der Waals surface area contributed by atoms with Gasteiger partial charge in [-0.3, -0.25) is 19.6 Å². The lowest BCUT2D eigenvalue weighted by molar-refractivity contribution is -0.128. The average Bonchev–Trinajstić information content (AvgIpc) is 2.91. The number of pyridine rings is 2. The topological polar surface area (TPSA) is 84.4 Å². The summed E-state index contributed by atoms with van der Waals surface area (Å²) in [5, 5.41) is 2.99. The Morgan fingerprint density at radius 2 is 1.91 bits per heavy atom. The standard InChI is InChI=1S/C28H28N4O3/c1-19-8-9-24(27(33)30-17-20-5-4-12-29-16-20)26(31-19)21-10-13-32(14-11-21)28(34)23-15-22-6-2-3-7-25(22)35-18-23/h2-9,12,15-16,21H,10-11,13-14,17-18H2,1H3,(H,30,33). The molecule has 0 spiro atoms. The Kier molecular flexibility index (Phi) is 6.57. The molecule has 0 saturated carbocycles. The van der Waals surface area contributed by atoms with Crippen molar-refractivity contribution in [2.75, 3.05) is 19.7 Å². The van der Waals surface area contributed by atoms with Crippen molar-refractivity contribution in [2.24, 2.45) is 0 Å². The number of carbonyl (C=O) groups excluding carboxylic acids is 2. The zero-order valence-electron chi connectivity index (χ0n) is 19.7. The van der Waals surface area contributed by atoms with Crippen molar-refractivity contribution in [3.05, 3.63) is 94.6 Å². The van der Waals surface area contributed by atoms with E-state index in [9.17, 15) is 9.59 Å². The van der Waals surface area contributed by atoms with Crippen molar-refractivity contribution >= 4 is 17.9 Å². The molecule has 1 fully saturated rings. The summed E-state index contributed by atoms with van der Waals surface area (Å²) in [6, 6.07) is 15.2. The third-order valence-corrected chi connectivity index (χ3v) is 6.56. The molecule has 4 heterocycles. The van der Waals surface area contributed by atoms with Crippen LogP contribution in [0.25, 0.3) is 6.08 Å². The Morgan fingerprint density at radius 3 is 2.71 bits per heavy atom. The molecule has 1 N–H and O–H groups in total. The van der Waals surface area contributed by atoms with E-state index >= 15 is 0 Å². The first-order valence-electron chi connectivity index (χ1n) is 11.9. The van der Waals surface area contributed by atoms with Gasteiger partial charge in [-0.25, -0.2) is 0 Å². The van der Waals surface area contributed by atoms with E-state index in [0.717, 1.165) is 41.1 Å². The lowest BCUT2D eigenvalue weighted by Crippen LogP contribution is -2.40. The number of amides is 2. The molecule has 7 nitrogen and oxygen atoms in total. The number of carbonyl (C=O) groups is 2. The fourth-order valence-corrected chi connectivity index (χ4v) is 4.66. The molecule has 0 atom stereocenters. The maximum absolute atomic E-state index is 13.1. The van der Waals surface area contributed by atoms with Crippen molar-refractivity contribution in [1.29, 1.82) is 0 Å². The van der Waals surface area contributed by atoms with E-state index in [0.29, 0.717) is 30.8 Å². The van der Waals surface area contributed by atoms with Gasteiger partial charge in [0.1, 0.15) is 12.4 Å². The molecule has 3 aromatic rings. The van der Waals surface area contributed by atoms with Gasteiger partial charge in [-0.15, -0.1) is 0 Å². The lowest BCUT2D eigenvalue weighted by Gasteiger charge is -2.33. The Hall–Kier alpha value is -4.00. The molecule has 7 heteroatoms. The van der Waals surface area contributed by atoms with E-state index < -0.39 is 0 Å². The number of fused-ring (bicyclic) bond motifs is 1. The van der Waals surface area contributed by atoms with Gasteiger partial charge in [0.15, 0.2) is 0 Å². The summed E-state index contributed by atoms with van der Waals surface area (Å²) in [5.74, 6) is 0.806. The fourth-order valence-electron chi connectivity index (χ4n) is 4.66. The highest BCUT2D eigenvalue weighted by Gasteiger charge is 2.30.